The lowest BCUT2D eigenvalue weighted by atomic mass is 9.66. The molecule has 0 atom stereocenters. The van der Waals surface area contributed by atoms with Crippen molar-refractivity contribution >= 4 is 17.4 Å². The molecule has 4 nitrogen and oxygen atoms in total. The van der Waals surface area contributed by atoms with Crippen LogP contribution >= 0.6 is 11.3 Å². The molecule has 23 heavy (non-hydrogen) atoms. The molecule has 1 aromatic rings. The van der Waals surface area contributed by atoms with Crippen molar-refractivity contribution in [3.05, 3.63) is 22.4 Å². The van der Waals surface area contributed by atoms with Crippen LogP contribution in [0.1, 0.15) is 43.9 Å². The van der Waals surface area contributed by atoms with Gasteiger partial charge >= 0.3 is 6.03 Å². The van der Waals surface area contributed by atoms with Gasteiger partial charge in [-0.1, -0.05) is 6.07 Å². The zero-order valence-corrected chi connectivity index (χ0v) is 15.4. The van der Waals surface area contributed by atoms with Crippen molar-refractivity contribution in [1.82, 2.24) is 15.1 Å². The van der Waals surface area contributed by atoms with Crippen LogP contribution in [-0.2, 0) is 5.54 Å². The van der Waals surface area contributed by atoms with E-state index in [1.165, 1.54) is 30.6 Å². The lowest BCUT2D eigenvalue weighted by Gasteiger charge is -2.48. The van der Waals surface area contributed by atoms with Gasteiger partial charge in [-0.2, -0.15) is 0 Å². The third-order valence-corrected chi connectivity index (χ3v) is 7.09. The van der Waals surface area contributed by atoms with Crippen LogP contribution in [-0.4, -0.2) is 49.6 Å². The molecule has 1 N–H and O–H groups in total. The molecular weight excluding hydrogens is 306 g/mol. The monoisotopic (exact) mass is 335 g/mol. The Balaban J connectivity index is 1.69. The van der Waals surface area contributed by atoms with Gasteiger partial charge in [-0.3, -0.25) is 4.90 Å². The van der Waals surface area contributed by atoms with Gasteiger partial charge in [-0.25, -0.2) is 4.79 Å². The van der Waals surface area contributed by atoms with E-state index in [0.29, 0.717) is 12.0 Å². The Morgan fingerprint density at radius 3 is 2.61 bits per heavy atom. The quantitative estimate of drug-likeness (QED) is 0.917. The van der Waals surface area contributed by atoms with E-state index in [2.05, 4.69) is 41.8 Å². The van der Waals surface area contributed by atoms with Crippen molar-refractivity contribution in [3.63, 3.8) is 0 Å². The molecular formula is C18H29N3OS. The number of nitrogens with zero attached hydrogens (tertiary/aromatic N) is 2. The van der Waals surface area contributed by atoms with Crippen LogP contribution in [0.25, 0.3) is 0 Å². The fourth-order valence-corrected chi connectivity index (χ4v) is 5.50. The Kier molecular flexibility index (Phi) is 4.70. The van der Waals surface area contributed by atoms with Crippen LogP contribution in [0.3, 0.4) is 0 Å². The Hall–Kier alpha value is -1.07. The molecule has 1 aromatic heterocycles. The maximum absolute atomic E-state index is 12.1. The molecule has 1 saturated carbocycles. The maximum Gasteiger partial charge on any atom is 0.317 e. The number of thiophene rings is 1. The Morgan fingerprint density at radius 1 is 1.30 bits per heavy atom. The molecule has 0 aromatic carbocycles. The second kappa shape index (κ2) is 6.44. The minimum absolute atomic E-state index is 0.118. The van der Waals surface area contributed by atoms with Crippen LogP contribution < -0.4 is 5.32 Å². The fraction of sp³-hybridized carbons (Fsp3) is 0.722. The molecule has 0 bridgehead atoms. The molecule has 2 aliphatic rings. The lowest BCUT2D eigenvalue weighted by Crippen LogP contribution is -2.47. The Labute approximate surface area is 143 Å². The normalized spacial score (nSPS) is 31.0. The molecule has 1 saturated heterocycles. The highest BCUT2D eigenvalue weighted by molar-refractivity contribution is 7.10. The number of carbonyl (C=O) groups is 1. The average molecular weight is 336 g/mol. The van der Waals surface area contributed by atoms with Gasteiger partial charge in [0.1, 0.15) is 0 Å². The molecule has 1 spiro atoms. The lowest BCUT2D eigenvalue weighted by molar-refractivity contribution is 0.0423. The van der Waals surface area contributed by atoms with Gasteiger partial charge in [0.25, 0.3) is 0 Å². The van der Waals surface area contributed by atoms with Gasteiger partial charge in [0.15, 0.2) is 0 Å². The van der Waals surface area contributed by atoms with Gasteiger partial charge in [-0.05, 0) is 70.0 Å². The highest BCUT2D eigenvalue weighted by Gasteiger charge is 2.48. The summed E-state index contributed by atoms with van der Waals surface area (Å²) >= 11 is 1.88. The van der Waals surface area contributed by atoms with Crippen molar-refractivity contribution in [2.24, 2.45) is 5.41 Å². The summed E-state index contributed by atoms with van der Waals surface area (Å²) in [5.41, 5.74) is 0.542. The van der Waals surface area contributed by atoms with Gasteiger partial charge in [0, 0.05) is 24.5 Å². The highest BCUT2D eigenvalue weighted by Crippen LogP contribution is 2.52. The number of urea groups is 1. The van der Waals surface area contributed by atoms with Gasteiger partial charge in [0.2, 0.25) is 0 Å². The van der Waals surface area contributed by atoms with E-state index in [1.807, 2.05) is 23.2 Å². The summed E-state index contributed by atoms with van der Waals surface area (Å²) in [6, 6.07) is 4.58. The highest BCUT2D eigenvalue weighted by atomic mass is 32.1. The maximum atomic E-state index is 12.1. The third-order valence-electron chi connectivity index (χ3n) is 6.03. The summed E-state index contributed by atoms with van der Waals surface area (Å²) < 4.78 is 0. The fourth-order valence-electron chi connectivity index (χ4n) is 4.43. The molecule has 1 aliphatic heterocycles. The van der Waals surface area contributed by atoms with Crippen molar-refractivity contribution < 1.29 is 4.79 Å². The van der Waals surface area contributed by atoms with E-state index in [9.17, 15) is 4.79 Å². The van der Waals surface area contributed by atoms with Crippen LogP contribution in [0, 0.1) is 5.41 Å². The number of nitrogens with one attached hydrogen (secondary N) is 1. The van der Waals surface area contributed by atoms with Gasteiger partial charge in [-0.15, -0.1) is 11.3 Å². The van der Waals surface area contributed by atoms with E-state index in [0.717, 1.165) is 19.5 Å². The first-order valence-electron chi connectivity index (χ1n) is 8.76. The second-order valence-electron chi connectivity index (χ2n) is 7.41. The van der Waals surface area contributed by atoms with E-state index >= 15 is 0 Å². The number of likely N-dealkylation sites (tertiary alicyclic amines) is 1. The van der Waals surface area contributed by atoms with E-state index in [-0.39, 0.29) is 11.6 Å². The first-order valence-corrected chi connectivity index (χ1v) is 9.64. The predicted octanol–water partition coefficient (Wildman–Crippen LogP) is 3.50. The second-order valence-corrected chi connectivity index (χ2v) is 8.36. The van der Waals surface area contributed by atoms with Crippen LogP contribution in [0.15, 0.2) is 17.5 Å². The molecule has 3 rings (SSSR count). The molecule has 1 aliphatic carbocycles. The number of rotatable bonds is 3. The largest absolute Gasteiger partial charge is 0.338 e. The van der Waals surface area contributed by atoms with E-state index in [4.69, 9.17) is 0 Å². The summed E-state index contributed by atoms with van der Waals surface area (Å²) in [6.07, 6.45) is 6.00. The molecule has 2 fully saturated rings. The minimum atomic E-state index is 0.118. The van der Waals surface area contributed by atoms with E-state index in [1.54, 1.807) is 0 Å². The van der Waals surface area contributed by atoms with Crippen molar-refractivity contribution in [2.75, 3.05) is 33.7 Å². The average Bonchev–Trinajstić information content (AvgIpc) is 3.19. The van der Waals surface area contributed by atoms with Crippen molar-refractivity contribution in [3.8, 4) is 0 Å². The van der Waals surface area contributed by atoms with Crippen LogP contribution in [0.2, 0.25) is 0 Å². The number of hydrogen-bond donors (Lipinski definition) is 1. The molecule has 2 amide bonds. The number of hydrogen-bond acceptors (Lipinski definition) is 3. The Morgan fingerprint density at radius 2 is 2.04 bits per heavy atom. The Bertz CT molecular complexity index is 532. The summed E-state index contributed by atoms with van der Waals surface area (Å²) in [7, 11) is 4.43. The van der Waals surface area contributed by atoms with Crippen LogP contribution in [0.4, 0.5) is 4.79 Å². The first-order chi connectivity index (χ1) is 11.0. The van der Waals surface area contributed by atoms with Crippen molar-refractivity contribution in [2.45, 2.75) is 44.6 Å². The zero-order valence-electron chi connectivity index (χ0n) is 14.6. The standard InChI is InChI=1S/C18H29N3OS/c1-4-19-16(22)21-12-11-17(14-21)7-9-18(10-8-17,20(2)3)15-6-5-13-23-15/h5-6,13H,4,7-12,14H2,1-3H3,(H,19,22). The molecule has 5 heteroatoms. The molecule has 2 heterocycles. The van der Waals surface area contributed by atoms with E-state index < -0.39 is 0 Å². The van der Waals surface area contributed by atoms with Gasteiger partial charge in [0.05, 0.1) is 5.54 Å². The van der Waals surface area contributed by atoms with Gasteiger partial charge < -0.3 is 10.2 Å². The number of amides is 2. The summed E-state index contributed by atoms with van der Waals surface area (Å²) in [5.74, 6) is 0. The molecule has 0 unspecified atom stereocenters. The zero-order chi connectivity index (χ0) is 16.5. The minimum Gasteiger partial charge on any atom is -0.338 e. The summed E-state index contributed by atoms with van der Waals surface area (Å²) in [5, 5.41) is 5.14. The SMILES string of the molecule is CCNC(=O)N1CCC2(CCC(c3cccs3)(N(C)C)CC2)C1. The summed E-state index contributed by atoms with van der Waals surface area (Å²) in [6.45, 7) is 4.55. The summed E-state index contributed by atoms with van der Waals surface area (Å²) in [4.78, 5) is 18.0. The molecule has 128 valence electrons. The predicted molar refractivity (Wildman–Crippen MR) is 95.8 cm³/mol. The number of carbonyl (C=O) groups excluding carboxylic acids is 1. The molecule has 0 radical (unpaired) electrons. The van der Waals surface area contributed by atoms with Crippen molar-refractivity contribution in [1.29, 1.82) is 0 Å². The third kappa shape index (κ3) is 3.01. The first kappa shape index (κ1) is 16.8. The topological polar surface area (TPSA) is 35.6 Å². The smallest absolute Gasteiger partial charge is 0.317 e. The van der Waals surface area contributed by atoms with Crippen LogP contribution in [0.5, 0.6) is 0 Å².